The number of hydrogen-bond donors (Lipinski definition) is 1. The van der Waals surface area contributed by atoms with E-state index in [0.29, 0.717) is 48.7 Å². The molecule has 0 saturated carbocycles. The van der Waals surface area contributed by atoms with Gasteiger partial charge >= 0.3 is 0 Å². The average Bonchev–Trinajstić information content (AvgIpc) is 3.30. The van der Waals surface area contributed by atoms with E-state index in [1.165, 1.54) is 6.26 Å². The van der Waals surface area contributed by atoms with Gasteiger partial charge in [0.05, 0.1) is 6.26 Å². The topological polar surface area (TPSA) is 92.0 Å². The van der Waals surface area contributed by atoms with Crippen molar-refractivity contribution in [2.75, 3.05) is 13.1 Å². The number of carbonyl (C=O) groups excluding carboxylic acids is 1. The first-order valence-electron chi connectivity index (χ1n) is 9.58. The summed E-state index contributed by atoms with van der Waals surface area (Å²) in [6, 6.07) is 10.8. The van der Waals surface area contributed by atoms with Crippen molar-refractivity contribution >= 4 is 26.7 Å². The fourth-order valence-electron chi connectivity index (χ4n) is 3.79. The minimum Gasteiger partial charge on any atom is -0.459 e. The molecule has 29 heavy (non-hydrogen) atoms. The molecule has 1 aromatic heterocycles. The Labute approximate surface area is 170 Å². The van der Waals surface area contributed by atoms with Gasteiger partial charge in [-0.2, -0.15) is 8.42 Å². The van der Waals surface area contributed by atoms with E-state index in [9.17, 15) is 13.2 Å². The largest absolute Gasteiger partial charge is 0.459 e. The second-order valence-corrected chi connectivity index (χ2v) is 8.96. The molecule has 0 atom stereocenters. The number of nitrogens with one attached hydrogen (secondary N) is 1. The third kappa shape index (κ3) is 3.85. The highest BCUT2D eigenvalue weighted by Gasteiger charge is 2.35. The zero-order valence-electron chi connectivity index (χ0n) is 16.4. The lowest BCUT2D eigenvalue weighted by Crippen LogP contribution is -2.46. The highest BCUT2D eigenvalue weighted by molar-refractivity contribution is 8.00. The van der Waals surface area contributed by atoms with Crippen molar-refractivity contribution < 1.29 is 17.6 Å². The van der Waals surface area contributed by atoms with E-state index in [1.54, 1.807) is 12.1 Å². The lowest BCUT2D eigenvalue weighted by Gasteiger charge is -2.33. The molecule has 2 aliphatic rings. The van der Waals surface area contributed by atoms with Crippen LogP contribution < -0.4 is 5.32 Å². The molecular weight excluding hydrogens is 390 g/mol. The molecule has 2 aromatic rings. The van der Waals surface area contributed by atoms with Gasteiger partial charge in [-0.05, 0) is 44.4 Å². The number of piperidine rings is 1. The number of amidine groups is 1. The number of rotatable bonds is 3. The SMILES string of the molecule is CC1=C(c2ccc(C)cc2)S(=O)(=O)N=C1N1CCC(NC(=O)c2ccco2)CC1. The first-order valence-corrected chi connectivity index (χ1v) is 11.0. The van der Waals surface area contributed by atoms with Gasteiger partial charge in [-0.25, -0.2) is 0 Å². The molecule has 0 bridgehead atoms. The second kappa shape index (κ2) is 7.51. The molecule has 8 heteroatoms. The van der Waals surface area contributed by atoms with Gasteiger partial charge in [-0.1, -0.05) is 29.8 Å². The summed E-state index contributed by atoms with van der Waals surface area (Å²) in [5.41, 5.74) is 2.40. The monoisotopic (exact) mass is 413 g/mol. The van der Waals surface area contributed by atoms with Crippen LogP contribution in [0.4, 0.5) is 0 Å². The van der Waals surface area contributed by atoms with Gasteiger partial charge in [0, 0.05) is 24.7 Å². The maximum atomic E-state index is 12.7. The smallest absolute Gasteiger partial charge is 0.287 e. The summed E-state index contributed by atoms with van der Waals surface area (Å²) in [6.07, 6.45) is 2.88. The summed E-state index contributed by atoms with van der Waals surface area (Å²) in [4.78, 5) is 14.4. The van der Waals surface area contributed by atoms with E-state index < -0.39 is 10.0 Å². The number of hydrogen-bond acceptors (Lipinski definition) is 5. The third-order valence-electron chi connectivity index (χ3n) is 5.33. The Kier molecular flexibility index (Phi) is 5.04. The Morgan fingerprint density at radius 1 is 1.14 bits per heavy atom. The van der Waals surface area contributed by atoms with Crippen LogP contribution in [0.15, 0.2) is 57.0 Å². The Morgan fingerprint density at radius 3 is 2.45 bits per heavy atom. The normalized spacial score (nSPS) is 19.4. The van der Waals surface area contributed by atoms with Crippen LogP contribution in [0.25, 0.3) is 4.91 Å². The molecule has 152 valence electrons. The van der Waals surface area contributed by atoms with Gasteiger partial charge in [0.15, 0.2) is 5.76 Å². The first kappa shape index (κ1) is 19.4. The molecule has 0 unspecified atom stereocenters. The number of nitrogens with zero attached hydrogens (tertiary/aromatic N) is 2. The van der Waals surface area contributed by atoms with Crippen molar-refractivity contribution in [2.24, 2.45) is 4.40 Å². The number of aryl methyl sites for hydroxylation is 1. The van der Waals surface area contributed by atoms with Crippen LogP contribution in [0.1, 0.15) is 41.4 Å². The molecule has 1 aromatic carbocycles. The summed E-state index contributed by atoms with van der Waals surface area (Å²) < 4.78 is 34.6. The number of amides is 1. The Bertz CT molecular complexity index is 1080. The Hall–Kier alpha value is -2.87. The molecule has 7 nitrogen and oxygen atoms in total. The minimum absolute atomic E-state index is 0.0170. The van der Waals surface area contributed by atoms with Crippen molar-refractivity contribution in [1.29, 1.82) is 0 Å². The van der Waals surface area contributed by atoms with Crippen LogP contribution >= 0.6 is 0 Å². The molecule has 1 N–H and O–H groups in total. The molecule has 1 fully saturated rings. The predicted molar refractivity (Wildman–Crippen MR) is 111 cm³/mol. The molecule has 2 aliphatic heterocycles. The van der Waals surface area contributed by atoms with Gasteiger partial charge in [0.1, 0.15) is 10.7 Å². The molecule has 1 saturated heterocycles. The summed E-state index contributed by atoms with van der Waals surface area (Å²) in [5.74, 6) is 0.573. The molecule has 4 rings (SSSR count). The van der Waals surface area contributed by atoms with Crippen molar-refractivity contribution in [3.05, 3.63) is 65.1 Å². The summed E-state index contributed by atoms with van der Waals surface area (Å²) in [6.45, 7) is 5.01. The van der Waals surface area contributed by atoms with Crippen molar-refractivity contribution in [3.63, 3.8) is 0 Å². The second-order valence-electron chi connectivity index (χ2n) is 7.42. The summed E-state index contributed by atoms with van der Waals surface area (Å²) in [5, 5.41) is 2.97. The van der Waals surface area contributed by atoms with Crippen LogP contribution in [-0.2, 0) is 10.0 Å². The van der Waals surface area contributed by atoms with Gasteiger partial charge in [-0.3, -0.25) is 4.79 Å². The maximum Gasteiger partial charge on any atom is 0.287 e. The number of furan rings is 1. The molecule has 3 heterocycles. The lowest BCUT2D eigenvalue weighted by molar-refractivity contribution is 0.0894. The van der Waals surface area contributed by atoms with E-state index in [4.69, 9.17) is 4.42 Å². The van der Waals surface area contributed by atoms with E-state index in [1.807, 2.05) is 43.0 Å². The molecular formula is C21H23N3O4S. The van der Waals surface area contributed by atoms with Crippen molar-refractivity contribution in [3.8, 4) is 0 Å². The van der Waals surface area contributed by atoms with E-state index in [0.717, 1.165) is 5.56 Å². The number of benzene rings is 1. The maximum absolute atomic E-state index is 12.7. The van der Waals surface area contributed by atoms with E-state index in [2.05, 4.69) is 9.71 Å². The third-order valence-corrected chi connectivity index (χ3v) is 6.80. The molecule has 1 amide bonds. The standard InChI is InChI=1S/C21H23N3O4S/c1-14-5-7-16(8-6-14)19-15(2)20(23-29(19,26)27)24-11-9-17(10-12-24)22-21(25)18-4-3-13-28-18/h3-8,13,17H,9-12H2,1-2H3,(H,22,25). The van der Waals surface area contributed by atoms with Gasteiger partial charge in [-0.15, -0.1) is 4.40 Å². The fourth-order valence-corrected chi connectivity index (χ4v) is 5.27. The Balaban J connectivity index is 1.47. The minimum atomic E-state index is -3.72. The zero-order valence-corrected chi connectivity index (χ0v) is 17.2. The van der Waals surface area contributed by atoms with Gasteiger partial charge in [0.2, 0.25) is 0 Å². The number of likely N-dealkylation sites (tertiary alicyclic amines) is 1. The van der Waals surface area contributed by atoms with E-state index in [-0.39, 0.29) is 16.9 Å². The predicted octanol–water partition coefficient (Wildman–Crippen LogP) is 2.96. The van der Waals surface area contributed by atoms with Crippen LogP contribution in [-0.4, -0.2) is 44.2 Å². The van der Waals surface area contributed by atoms with Gasteiger partial charge < -0.3 is 14.6 Å². The summed E-state index contributed by atoms with van der Waals surface area (Å²) in [7, 11) is -3.72. The average molecular weight is 413 g/mol. The number of sulfonamides is 1. The molecule has 0 spiro atoms. The van der Waals surface area contributed by atoms with Crippen LogP contribution in [0.2, 0.25) is 0 Å². The highest BCUT2D eigenvalue weighted by atomic mass is 32.2. The van der Waals surface area contributed by atoms with Crippen molar-refractivity contribution in [2.45, 2.75) is 32.7 Å². The van der Waals surface area contributed by atoms with Crippen LogP contribution in [0, 0.1) is 6.92 Å². The van der Waals surface area contributed by atoms with Crippen LogP contribution in [0.3, 0.4) is 0 Å². The number of carbonyl (C=O) groups is 1. The van der Waals surface area contributed by atoms with Crippen LogP contribution in [0.5, 0.6) is 0 Å². The lowest BCUT2D eigenvalue weighted by atomic mass is 10.0. The first-order chi connectivity index (χ1) is 13.8. The summed E-state index contributed by atoms with van der Waals surface area (Å²) >= 11 is 0. The van der Waals surface area contributed by atoms with Gasteiger partial charge in [0.25, 0.3) is 15.9 Å². The quantitative estimate of drug-likeness (QED) is 0.835. The van der Waals surface area contributed by atoms with E-state index >= 15 is 0 Å². The Morgan fingerprint density at radius 2 is 1.83 bits per heavy atom. The molecule has 0 radical (unpaired) electrons. The fraction of sp³-hybridized carbons (Fsp3) is 0.333. The zero-order chi connectivity index (χ0) is 20.6. The molecule has 0 aliphatic carbocycles. The van der Waals surface area contributed by atoms with Crippen molar-refractivity contribution in [1.82, 2.24) is 10.2 Å². The highest BCUT2D eigenvalue weighted by Crippen LogP contribution is 2.34.